The van der Waals surface area contributed by atoms with Gasteiger partial charge in [-0.2, -0.15) is 8.78 Å². The number of benzene rings is 2. The summed E-state index contributed by atoms with van der Waals surface area (Å²) in [4.78, 5) is 32.3. The molecule has 1 aliphatic rings. The second kappa shape index (κ2) is 11.6. The molecule has 0 spiro atoms. The fourth-order valence-corrected chi connectivity index (χ4v) is 3.94. The number of hydrogen-bond donors (Lipinski definition) is 3. The Hall–Kier alpha value is -4.08. The number of hydrogen-bond acceptors (Lipinski definition) is 6. The third kappa shape index (κ3) is 6.74. The summed E-state index contributed by atoms with van der Waals surface area (Å²) in [7, 11) is 0. The average molecular weight is 496 g/mol. The number of carbonyl (C=O) groups excluding carboxylic acids is 2. The molecule has 1 aliphatic heterocycles. The third-order valence-electron chi connectivity index (χ3n) is 6.00. The number of nitrogens with one attached hydrogen (secondary N) is 3. The monoisotopic (exact) mass is 495 g/mol. The predicted octanol–water partition coefficient (Wildman–Crippen LogP) is 3.98. The fraction of sp³-hybridized carbons (Fsp3) is 0.308. The van der Waals surface area contributed by atoms with Crippen molar-refractivity contribution in [3.63, 3.8) is 0 Å². The van der Waals surface area contributed by atoms with Crippen LogP contribution in [0.25, 0.3) is 11.1 Å². The van der Waals surface area contributed by atoms with Crippen LogP contribution >= 0.6 is 0 Å². The highest BCUT2D eigenvalue weighted by atomic mass is 19.3. The molecule has 0 saturated carbocycles. The first-order valence-electron chi connectivity index (χ1n) is 11.7. The van der Waals surface area contributed by atoms with E-state index in [-0.39, 0.29) is 23.5 Å². The number of halogens is 2. The molecule has 0 radical (unpaired) electrons. The van der Waals surface area contributed by atoms with Crippen molar-refractivity contribution in [3.05, 3.63) is 66.0 Å². The van der Waals surface area contributed by atoms with Gasteiger partial charge in [0.15, 0.2) is 0 Å². The van der Waals surface area contributed by atoms with E-state index in [9.17, 15) is 18.4 Å². The van der Waals surface area contributed by atoms with E-state index in [0.29, 0.717) is 38.3 Å². The number of amides is 2. The van der Waals surface area contributed by atoms with E-state index >= 15 is 0 Å². The molecule has 1 fully saturated rings. The van der Waals surface area contributed by atoms with Gasteiger partial charge in [-0.3, -0.25) is 9.59 Å². The third-order valence-corrected chi connectivity index (χ3v) is 6.00. The quantitative estimate of drug-likeness (QED) is 0.415. The maximum atomic E-state index is 12.3. The van der Waals surface area contributed by atoms with Gasteiger partial charge in [-0.25, -0.2) is 9.97 Å². The Labute approximate surface area is 207 Å². The number of alkyl halides is 2. The Bertz CT molecular complexity index is 1190. The van der Waals surface area contributed by atoms with Crippen molar-refractivity contribution in [1.29, 1.82) is 0 Å². The summed E-state index contributed by atoms with van der Waals surface area (Å²) in [6, 6.07) is 12.2. The van der Waals surface area contributed by atoms with Gasteiger partial charge < -0.3 is 20.7 Å². The summed E-state index contributed by atoms with van der Waals surface area (Å²) in [5.74, 6) is 0.283. The van der Waals surface area contributed by atoms with E-state index in [1.807, 2.05) is 25.1 Å². The van der Waals surface area contributed by atoms with Gasteiger partial charge in [0.2, 0.25) is 17.8 Å². The normalized spacial score (nSPS) is 15.3. The Morgan fingerprint density at radius 3 is 2.56 bits per heavy atom. The Morgan fingerprint density at radius 2 is 1.89 bits per heavy atom. The summed E-state index contributed by atoms with van der Waals surface area (Å²) in [6.07, 6.45) is 4.92. The molecular weight excluding hydrogens is 468 g/mol. The molecule has 0 aliphatic carbocycles. The highest BCUT2D eigenvalue weighted by Crippen LogP contribution is 2.24. The zero-order chi connectivity index (χ0) is 25.5. The lowest BCUT2D eigenvalue weighted by atomic mass is 9.98. The van der Waals surface area contributed by atoms with Crippen molar-refractivity contribution < 1.29 is 23.1 Å². The smallest absolute Gasteiger partial charge is 0.387 e. The molecule has 3 aromatic rings. The van der Waals surface area contributed by atoms with Crippen molar-refractivity contribution >= 4 is 23.5 Å². The molecule has 8 nitrogen and oxygen atoms in total. The first-order valence-corrected chi connectivity index (χ1v) is 11.7. The number of carbonyl (C=O) groups is 2. The average Bonchev–Trinajstić information content (AvgIpc) is 2.87. The molecule has 188 valence electrons. The standard InChI is InChI=1S/C26H27F2N5O3/c1-16-2-6-21(12-18(16)10-11-29-24(35)19-5-9-23(34)30-13-19)33-26-31-14-20(15-32-26)17-3-7-22(8-4-17)36-25(27)28/h2-4,6-8,12,14-15,19,25H,5,9-11,13H2,1H3,(H,29,35)(H,30,34)(H,31,32,33). The van der Waals surface area contributed by atoms with Crippen LogP contribution in [0.5, 0.6) is 5.75 Å². The lowest BCUT2D eigenvalue weighted by Crippen LogP contribution is -2.43. The van der Waals surface area contributed by atoms with Gasteiger partial charge in [0.25, 0.3) is 0 Å². The second-order valence-corrected chi connectivity index (χ2v) is 8.55. The van der Waals surface area contributed by atoms with Crippen LogP contribution in [0.4, 0.5) is 20.4 Å². The number of anilines is 2. The van der Waals surface area contributed by atoms with Crippen molar-refractivity contribution in [2.75, 3.05) is 18.4 Å². The summed E-state index contributed by atoms with van der Waals surface area (Å²) in [5.41, 5.74) is 4.52. The van der Waals surface area contributed by atoms with E-state index in [0.717, 1.165) is 27.9 Å². The van der Waals surface area contributed by atoms with Gasteiger partial charge in [-0.15, -0.1) is 0 Å². The summed E-state index contributed by atoms with van der Waals surface area (Å²) < 4.78 is 29.0. The molecule has 2 heterocycles. The van der Waals surface area contributed by atoms with E-state index in [4.69, 9.17) is 0 Å². The largest absolute Gasteiger partial charge is 0.435 e. The number of aryl methyl sites for hydroxylation is 1. The van der Waals surface area contributed by atoms with Crippen LogP contribution in [0.15, 0.2) is 54.9 Å². The Balaban J connectivity index is 1.32. The molecule has 1 unspecified atom stereocenters. The molecule has 1 aromatic heterocycles. The van der Waals surface area contributed by atoms with Crippen LogP contribution in [-0.2, 0) is 16.0 Å². The molecule has 3 N–H and O–H groups in total. The SMILES string of the molecule is Cc1ccc(Nc2ncc(-c3ccc(OC(F)F)cc3)cn2)cc1CCNC(=O)C1CCC(=O)NC1. The number of piperidine rings is 1. The van der Waals surface area contributed by atoms with Crippen LogP contribution in [-0.4, -0.2) is 41.5 Å². The van der Waals surface area contributed by atoms with Crippen LogP contribution in [0.1, 0.15) is 24.0 Å². The van der Waals surface area contributed by atoms with Gasteiger partial charge in [0.1, 0.15) is 5.75 Å². The Morgan fingerprint density at radius 1 is 1.14 bits per heavy atom. The topological polar surface area (TPSA) is 105 Å². The minimum atomic E-state index is -2.86. The number of nitrogens with zero attached hydrogens (tertiary/aromatic N) is 2. The van der Waals surface area contributed by atoms with E-state index < -0.39 is 6.61 Å². The minimum absolute atomic E-state index is 0.00558. The lowest BCUT2D eigenvalue weighted by molar-refractivity contribution is -0.128. The molecule has 2 amide bonds. The lowest BCUT2D eigenvalue weighted by Gasteiger charge is -2.21. The van der Waals surface area contributed by atoms with Gasteiger partial charge in [0, 0.05) is 43.2 Å². The van der Waals surface area contributed by atoms with Gasteiger partial charge in [0.05, 0.1) is 5.92 Å². The van der Waals surface area contributed by atoms with E-state index in [1.54, 1.807) is 24.5 Å². The summed E-state index contributed by atoms with van der Waals surface area (Å²) in [6.45, 7) is 0.0403. The highest BCUT2D eigenvalue weighted by Gasteiger charge is 2.24. The summed E-state index contributed by atoms with van der Waals surface area (Å²) >= 11 is 0. The Kier molecular flexibility index (Phi) is 8.04. The zero-order valence-electron chi connectivity index (χ0n) is 19.8. The highest BCUT2D eigenvalue weighted by molar-refractivity contribution is 5.83. The molecule has 1 atom stereocenters. The van der Waals surface area contributed by atoms with Crippen LogP contribution in [0, 0.1) is 12.8 Å². The van der Waals surface area contributed by atoms with Crippen molar-refractivity contribution in [2.45, 2.75) is 32.8 Å². The van der Waals surface area contributed by atoms with Gasteiger partial charge in [-0.05, 0) is 60.7 Å². The van der Waals surface area contributed by atoms with E-state index in [2.05, 4.69) is 30.7 Å². The molecule has 1 saturated heterocycles. The summed E-state index contributed by atoms with van der Waals surface area (Å²) in [5, 5.41) is 8.88. The molecular formula is C26H27F2N5O3. The predicted molar refractivity (Wildman–Crippen MR) is 131 cm³/mol. The molecule has 10 heteroatoms. The van der Waals surface area contributed by atoms with Crippen molar-refractivity contribution in [2.24, 2.45) is 5.92 Å². The molecule has 36 heavy (non-hydrogen) atoms. The number of aromatic nitrogens is 2. The maximum Gasteiger partial charge on any atom is 0.387 e. The fourth-order valence-electron chi connectivity index (χ4n) is 3.94. The molecule has 4 rings (SSSR count). The second-order valence-electron chi connectivity index (χ2n) is 8.55. The van der Waals surface area contributed by atoms with Crippen LogP contribution in [0.3, 0.4) is 0 Å². The van der Waals surface area contributed by atoms with Crippen LogP contribution < -0.4 is 20.7 Å². The molecule has 0 bridgehead atoms. The van der Waals surface area contributed by atoms with Crippen molar-refractivity contribution in [3.8, 4) is 16.9 Å². The van der Waals surface area contributed by atoms with Gasteiger partial charge in [-0.1, -0.05) is 18.2 Å². The number of ether oxygens (including phenoxy) is 1. The first-order chi connectivity index (χ1) is 17.4. The van der Waals surface area contributed by atoms with Crippen LogP contribution in [0.2, 0.25) is 0 Å². The van der Waals surface area contributed by atoms with Gasteiger partial charge >= 0.3 is 6.61 Å². The number of rotatable bonds is 9. The minimum Gasteiger partial charge on any atom is -0.435 e. The zero-order valence-corrected chi connectivity index (χ0v) is 19.8. The molecule has 2 aromatic carbocycles. The first kappa shape index (κ1) is 25.0. The maximum absolute atomic E-state index is 12.3. The van der Waals surface area contributed by atoms with E-state index in [1.165, 1.54) is 12.1 Å². The van der Waals surface area contributed by atoms with Crippen molar-refractivity contribution in [1.82, 2.24) is 20.6 Å².